The second kappa shape index (κ2) is 7.85. The van der Waals surface area contributed by atoms with E-state index in [2.05, 4.69) is 0 Å². The summed E-state index contributed by atoms with van der Waals surface area (Å²) in [6, 6.07) is 16.4. The number of benzene rings is 2. The van der Waals surface area contributed by atoms with Crippen LogP contribution in [0.2, 0.25) is 0 Å². The Labute approximate surface area is 135 Å². The number of nitrogens with zero attached hydrogens (tertiary/aromatic N) is 2. The van der Waals surface area contributed by atoms with Gasteiger partial charge in [0.05, 0.1) is 12.7 Å². The quantitative estimate of drug-likeness (QED) is 0.823. The topological polar surface area (TPSA) is 62.6 Å². The lowest BCUT2D eigenvalue weighted by Crippen LogP contribution is -2.31. The number of carbonyl (C=O) groups is 1. The average molecular weight is 310 g/mol. The van der Waals surface area contributed by atoms with Crippen molar-refractivity contribution < 1.29 is 14.3 Å². The maximum absolute atomic E-state index is 12.2. The van der Waals surface area contributed by atoms with E-state index in [4.69, 9.17) is 14.7 Å². The molecule has 5 heteroatoms. The second-order valence-corrected chi connectivity index (χ2v) is 5.00. The fourth-order valence-corrected chi connectivity index (χ4v) is 2.07. The molecule has 2 aromatic rings. The molecule has 0 heterocycles. The Morgan fingerprint density at radius 3 is 2.74 bits per heavy atom. The van der Waals surface area contributed by atoms with Crippen LogP contribution in [0.3, 0.4) is 0 Å². The van der Waals surface area contributed by atoms with E-state index in [9.17, 15) is 4.79 Å². The number of para-hydroxylation sites is 1. The Balaban J connectivity index is 1.93. The molecule has 0 aliphatic rings. The molecule has 0 bridgehead atoms. The molecule has 0 aromatic heterocycles. The van der Waals surface area contributed by atoms with E-state index in [0.717, 1.165) is 11.3 Å². The molecule has 1 amide bonds. The van der Waals surface area contributed by atoms with Crippen LogP contribution in [0, 0.1) is 11.3 Å². The minimum atomic E-state index is -0.166. The number of hydrogen-bond acceptors (Lipinski definition) is 4. The van der Waals surface area contributed by atoms with Crippen molar-refractivity contribution in [3.05, 3.63) is 59.7 Å². The number of nitriles is 1. The van der Waals surface area contributed by atoms with Gasteiger partial charge in [-0.15, -0.1) is 0 Å². The molecule has 0 aliphatic heterocycles. The number of likely N-dealkylation sites (N-methyl/N-ethyl adjacent to an activating group) is 1. The summed E-state index contributed by atoms with van der Waals surface area (Å²) in [4.78, 5) is 13.7. The van der Waals surface area contributed by atoms with Gasteiger partial charge in [0.25, 0.3) is 5.91 Å². The van der Waals surface area contributed by atoms with Gasteiger partial charge in [-0.2, -0.15) is 5.26 Å². The van der Waals surface area contributed by atoms with Crippen molar-refractivity contribution in [1.82, 2.24) is 4.90 Å². The number of rotatable bonds is 6. The summed E-state index contributed by atoms with van der Waals surface area (Å²) in [5.74, 6) is 1.00. The van der Waals surface area contributed by atoms with Crippen LogP contribution in [0.25, 0.3) is 0 Å². The van der Waals surface area contributed by atoms with Gasteiger partial charge < -0.3 is 14.4 Å². The Hall–Kier alpha value is -3.00. The van der Waals surface area contributed by atoms with E-state index in [1.54, 1.807) is 43.3 Å². The van der Waals surface area contributed by atoms with Gasteiger partial charge >= 0.3 is 0 Å². The summed E-state index contributed by atoms with van der Waals surface area (Å²) in [6.07, 6.45) is 0. The van der Waals surface area contributed by atoms with Crippen molar-refractivity contribution in [2.45, 2.75) is 6.54 Å². The van der Waals surface area contributed by atoms with E-state index in [0.29, 0.717) is 17.9 Å². The maximum Gasteiger partial charge on any atom is 0.260 e. The molecular weight excluding hydrogens is 292 g/mol. The van der Waals surface area contributed by atoms with Crippen LogP contribution in [0.15, 0.2) is 48.5 Å². The van der Waals surface area contributed by atoms with Crippen molar-refractivity contribution in [1.29, 1.82) is 5.26 Å². The molecule has 2 aromatic carbocycles. The highest BCUT2D eigenvalue weighted by Gasteiger charge is 2.12. The van der Waals surface area contributed by atoms with Gasteiger partial charge in [0.1, 0.15) is 17.6 Å². The zero-order valence-corrected chi connectivity index (χ0v) is 13.2. The summed E-state index contributed by atoms with van der Waals surface area (Å²) in [7, 11) is 3.32. The van der Waals surface area contributed by atoms with E-state index < -0.39 is 0 Å². The summed E-state index contributed by atoms with van der Waals surface area (Å²) < 4.78 is 10.6. The third-order valence-corrected chi connectivity index (χ3v) is 3.34. The van der Waals surface area contributed by atoms with Crippen LogP contribution in [0.4, 0.5) is 0 Å². The summed E-state index contributed by atoms with van der Waals surface area (Å²) in [5.41, 5.74) is 1.38. The summed E-state index contributed by atoms with van der Waals surface area (Å²) >= 11 is 0. The van der Waals surface area contributed by atoms with Crippen LogP contribution in [0.5, 0.6) is 11.5 Å². The monoisotopic (exact) mass is 310 g/mol. The molecule has 0 unspecified atom stereocenters. The van der Waals surface area contributed by atoms with Gasteiger partial charge in [0, 0.05) is 13.6 Å². The number of amides is 1. The second-order valence-electron chi connectivity index (χ2n) is 5.00. The number of carbonyl (C=O) groups excluding carboxylic acids is 1. The molecule has 118 valence electrons. The number of methoxy groups -OCH3 is 1. The molecule has 0 radical (unpaired) electrons. The zero-order chi connectivity index (χ0) is 16.7. The van der Waals surface area contributed by atoms with Crippen LogP contribution >= 0.6 is 0 Å². The van der Waals surface area contributed by atoms with Crippen molar-refractivity contribution >= 4 is 5.91 Å². The summed E-state index contributed by atoms with van der Waals surface area (Å²) in [6.45, 7) is 0.346. The highest BCUT2D eigenvalue weighted by molar-refractivity contribution is 5.77. The van der Waals surface area contributed by atoms with Gasteiger partial charge in [-0.3, -0.25) is 4.79 Å². The normalized spacial score (nSPS) is 9.78. The van der Waals surface area contributed by atoms with Crippen LogP contribution in [0.1, 0.15) is 11.1 Å². The first-order chi connectivity index (χ1) is 11.1. The molecular formula is C18H18N2O3. The zero-order valence-electron chi connectivity index (χ0n) is 13.2. The fourth-order valence-electron chi connectivity index (χ4n) is 2.07. The van der Waals surface area contributed by atoms with Crippen LogP contribution in [-0.4, -0.2) is 31.6 Å². The maximum atomic E-state index is 12.2. The fraction of sp³-hybridized carbons (Fsp3) is 0.222. The SMILES string of the molecule is COc1cccc(CN(C)C(=O)COc2ccccc2C#N)c1. The number of hydrogen-bond donors (Lipinski definition) is 0. The number of ether oxygens (including phenoxy) is 2. The predicted molar refractivity (Wildman–Crippen MR) is 86.1 cm³/mol. The van der Waals surface area contributed by atoms with Gasteiger partial charge in [0.2, 0.25) is 0 Å². The van der Waals surface area contributed by atoms with Crippen molar-refractivity contribution in [2.24, 2.45) is 0 Å². The average Bonchev–Trinajstić information content (AvgIpc) is 2.59. The Bertz CT molecular complexity index is 722. The molecule has 0 saturated carbocycles. The third kappa shape index (κ3) is 4.48. The molecule has 0 fully saturated rings. The first-order valence-electron chi connectivity index (χ1n) is 7.13. The van der Waals surface area contributed by atoms with E-state index in [-0.39, 0.29) is 12.5 Å². The lowest BCUT2D eigenvalue weighted by atomic mass is 10.2. The molecule has 5 nitrogen and oxygen atoms in total. The molecule has 0 atom stereocenters. The minimum Gasteiger partial charge on any atom is -0.497 e. The highest BCUT2D eigenvalue weighted by Crippen LogP contribution is 2.17. The molecule has 23 heavy (non-hydrogen) atoms. The predicted octanol–water partition coefficient (Wildman–Crippen LogP) is 2.60. The standard InChI is InChI=1S/C18H18N2O3/c1-20(12-14-6-5-8-16(10-14)22-2)18(21)13-23-17-9-4-3-7-15(17)11-19/h3-10H,12-13H2,1-2H3. The first kappa shape index (κ1) is 16.4. The Kier molecular flexibility index (Phi) is 5.59. The van der Waals surface area contributed by atoms with Crippen LogP contribution in [-0.2, 0) is 11.3 Å². The summed E-state index contributed by atoms with van der Waals surface area (Å²) in [5, 5.41) is 9.00. The largest absolute Gasteiger partial charge is 0.497 e. The molecule has 0 saturated heterocycles. The lowest BCUT2D eigenvalue weighted by Gasteiger charge is -2.18. The van der Waals surface area contributed by atoms with Crippen molar-refractivity contribution in [3.8, 4) is 17.6 Å². The Morgan fingerprint density at radius 2 is 2.00 bits per heavy atom. The van der Waals surface area contributed by atoms with Crippen molar-refractivity contribution in [2.75, 3.05) is 20.8 Å². The van der Waals surface area contributed by atoms with E-state index in [1.165, 1.54) is 0 Å². The smallest absolute Gasteiger partial charge is 0.260 e. The van der Waals surface area contributed by atoms with Gasteiger partial charge in [-0.25, -0.2) is 0 Å². The van der Waals surface area contributed by atoms with Crippen molar-refractivity contribution in [3.63, 3.8) is 0 Å². The van der Waals surface area contributed by atoms with E-state index >= 15 is 0 Å². The molecule has 0 N–H and O–H groups in total. The minimum absolute atomic E-state index is 0.112. The molecule has 0 spiro atoms. The van der Waals surface area contributed by atoms with E-state index in [1.807, 2.05) is 30.3 Å². The van der Waals surface area contributed by atoms with Gasteiger partial charge in [-0.05, 0) is 29.8 Å². The van der Waals surface area contributed by atoms with Gasteiger partial charge in [0.15, 0.2) is 6.61 Å². The lowest BCUT2D eigenvalue weighted by molar-refractivity contribution is -0.132. The highest BCUT2D eigenvalue weighted by atomic mass is 16.5. The first-order valence-corrected chi connectivity index (χ1v) is 7.13. The molecule has 2 rings (SSSR count). The third-order valence-electron chi connectivity index (χ3n) is 3.34. The van der Waals surface area contributed by atoms with Crippen LogP contribution < -0.4 is 9.47 Å². The van der Waals surface area contributed by atoms with Gasteiger partial charge in [-0.1, -0.05) is 24.3 Å². The Morgan fingerprint density at radius 1 is 1.22 bits per heavy atom. The molecule has 0 aliphatic carbocycles.